The van der Waals surface area contributed by atoms with E-state index in [0.717, 1.165) is 5.56 Å². The molecule has 1 heterocycles. The number of hydrogen-bond acceptors (Lipinski definition) is 7. The summed E-state index contributed by atoms with van der Waals surface area (Å²) in [6, 6.07) is 14.7. The van der Waals surface area contributed by atoms with Gasteiger partial charge in [0.25, 0.3) is 11.6 Å². The minimum absolute atomic E-state index is 0.0714. The number of rotatable bonds is 8. The normalized spacial score (nSPS) is 10.3. The van der Waals surface area contributed by atoms with Gasteiger partial charge in [-0.1, -0.05) is 30.3 Å². The standard InChI is InChI=1S/C21H18N2O6S/c1-2-28-21(25)19-17(14-6-4-3-5-7-14)13-30-20(19)22-18(24)12-29-16-10-8-15(9-11-16)23(26)27/h3-11,13H,2,12H2,1H3,(H,22,24). The molecular weight excluding hydrogens is 408 g/mol. The molecule has 1 amide bonds. The predicted molar refractivity (Wildman–Crippen MR) is 113 cm³/mol. The van der Waals surface area contributed by atoms with Gasteiger partial charge in [-0.25, -0.2) is 4.79 Å². The number of hydrogen-bond donors (Lipinski definition) is 1. The molecule has 0 aliphatic heterocycles. The number of nitro groups is 1. The van der Waals surface area contributed by atoms with Crippen LogP contribution in [0.25, 0.3) is 11.1 Å². The molecule has 1 N–H and O–H groups in total. The zero-order chi connectivity index (χ0) is 21.5. The highest BCUT2D eigenvalue weighted by molar-refractivity contribution is 7.15. The number of nitrogens with one attached hydrogen (secondary N) is 1. The van der Waals surface area contributed by atoms with E-state index in [4.69, 9.17) is 9.47 Å². The summed E-state index contributed by atoms with van der Waals surface area (Å²) in [7, 11) is 0. The van der Waals surface area contributed by atoms with Crippen LogP contribution in [0.1, 0.15) is 17.3 Å². The zero-order valence-electron chi connectivity index (χ0n) is 16.0. The first kappa shape index (κ1) is 21.0. The van der Waals surface area contributed by atoms with Crippen LogP contribution in [0.3, 0.4) is 0 Å². The van der Waals surface area contributed by atoms with Crippen molar-refractivity contribution < 1.29 is 24.0 Å². The molecule has 8 nitrogen and oxygen atoms in total. The number of esters is 1. The van der Waals surface area contributed by atoms with Crippen LogP contribution in [0.2, 0.25) is 0 Å². The Hall–Kier alpha value is -3.72. The van der Waals surface area contributed by atoms with E-state index in [1.54, 1.807) is 12.3 Å². The van der Waals surface area contributed by atoms with Gasteiger partial charge in [0.2, 0.25) is 0 Å². The lowest BCUT2D eigenvalue weighted by Gasteiger charge is -2.09. The van der Waals surface area contributed by atoms with Crippen molar-refractivity contribution in [2.24, 2.45) is 0 Å². The van der Waals surface area contributed by atoms with Gasteiger partial charge in [0.1, 0.15) is 16.3 Å². The number of non-ortho nitro benzene ring substituents is 1. The molecule has 0 radical (unpaired) electrons. The summed E-state index contributed by atoms with van der Waals surface area (Å²) in [5, 5.41) is 15.5. The highest BCUT2D eigenvalue weighted by atomic mass is 32.1. The van der Waals surface area contributed by atoms with E-state index in [-0.39, 0.29) is 24.5 Å². The largest absolute Gasteiger partial charge is 0.484 e. The summed E-state index contributed by atoms with van der Waals surface area (Å²) in [6.07, 6.45) is 0. The second kappa shape index (κ2) is 9.66. The number of thiophene rings is 1. The SMILES string of the molecule is CCOC(=O)c1c(-c2ccccc2)csc1NC(=O)COc1ccc([N+](=O)[O-])cc1. The van der Waals surface area contributed by atoms with Crippen LogP contribution in [0.15, 0.2) is 60.0 Å². The van der Waals surface area contributed by atoms with Crippen molar-refractivity contribution in [1.82, 2.24) is 0 Å². The van der Waals surface area contributed by atoms with Crippen LogP contribution < -0.4 is 10.1 Å². The molecule has 3 rings (SSSR count). The highest BCUT2D eigenvalue weighted by Gasteiger charge is 2.22. The molecule has 154 valence electrons. The minimum atomic E-state index is -0.524. The van der Waals surface area contributed by atoms with E-state index < -0.39 is 16.8 Å². The van der Waals surface area contributed by atoms with Crippen molar-refractivity contribution in [3.8, 4) is 16.9 Å². The second-order valence-corrected chi connectivity index (χ2v) is 6.91. The van der Waals surface area contributed by atoms with Gasteiger partial charge in [0, 0.05) is 23.1 Å². The maximum absolute atomic E-state index is 12.5. The number of amides is 1. The number of ether oxygens (including phenoxy) is 2. The van der Waals surface area contributed by atoms with Crippen molar-refractivity contribution in [1.29, 1.82) is 0 Å². The first-order valence-electron chi connectivity index (χ1n) is 9.00. The summed E-state index contributed by atoms with van der Waals surface area (Å²) in [6.45, 7) is 1.60. The second-order valence-electron chi connectivity index (χ2n) is 6.03. The van der Waals surface area contributed by atoms with Crippen LogP contribution in [-0.4, -0.2) is 30.0 Å². The Morgan fingerprint density at radius 3 is 2.43 bits per heavy atom. The van der Waals surface area contributed by atoms with Crippen molar-refractivity contribution in [2.75, 3.05) is 18.5 Å². The summed E-state index contributed by atoms with van der Waals surface area (Å²) in [5.74, 6) is -0.679. The quantitative estimate of drug-likeness (QED) is 0.322. The minimum Gasteiger partial charge on any atom is -0.484 e. The van der Waals surface area contributed by atoms with Crippen LogP contribution in [0, 0.1) is 10.1 Å². The predicted octanol–water partition coefficient (Wildman–Crippen LogP) is 4.52. The van der Waals surface area contributed by atoms with Crippen molar-refractivity contribution in [3.63, 3.8) is 0 Å². The third-order valence-corrected chi connectivity index (χ3v) is 4.92. The molecule has 2 aromatic carbocycles. The Bertz CT molecular complexity index is 1050. The fourth-order valence-electron chi connectivity index (χ4n) is 2.66. The molecule has 0 spiro atoms. The molecule has 0 atom stereocenters. The van der Waals surface area contributed by atoms with Gasteiger partial charge in [-0.15, -0.1) is 11.3 Å². The molecule has 0 aliphatic carbocycles. The molecule has 0 aliphatic rings. The maximum atomic E-state index is 12.5. The monoisotopic (exact) mass is 426 g/mol. The summed E-state index contributed by atoms with van der Waals surface area (Å²) < 4.78 is 10.5. The first-order valence-corrected chi connectivity index (χ1v) is 9.88. The van der Waals surface area contributed by atoms with Crippen LogP contribution >= 0.6 is 11.3 Å². The molecule has 3 aromatic rings. The number of carbonyl (C=O) groups is 2. The van der Waals surface area contributed by atoms with Gasteiger partial charge in [0.05, 0.1) is 11.5 Å². The van der Waals surface area contributed by atoms with E-state index in [9.17, 15) is 19.7 Å². The molecule has 1 aromatic heterocycles. The van der Waals surface area contributed by atoms with Crippen molar-refractivity contribution >= 4 is 33.9 Å². The van der Waals surface area contributed by atoms with Crippen molar-refractivity contribution in [2.45, 2.75) is 6.92 Å². The summed E-state index contributed by atoms with van der Waals surface area (Å²) >= 11 is 1.22. The van der Waals surface area contributed by atoms with Crippen molar-refractivity contribution in [3.05, 3.63) is 75.7 Å². The Balaban J connectivity index is 1.73. The van der Waals surface area contributed by atoms with Crippen LogP contribution in [-0.2, 0) is 9.53 Å². The molecule has 0 saturated heterocycles. The smallest absolute Gasteiger partial charge is 0.341 e. The van der Waals surface area contributed by atoms with E-state index in [2.05, 4.69) is 5.32 Å². The van der Waals surface area contributed by atoms with Gasteiger partial charge in [-0.3, -0.25) is 14.9 Å². The number of carbonyl (C=O) groups excluding carboxylic acids is 2. The average Bonchev–Trinajstić information content (AvgIpc) is 3.17. The number of anilines is 1. The molecule has 9 heteroatoms. The van der Waals surface area contributed by atoms with E-state index in [1.807, 2.05) is 30.3 Å². The molecule has 30 heavy (non-hydrogen) atoms. The third-order valence-electron chi connectivity index (χ3n) is 4.03. The Kier molecular flexibility index (Phi) is 6.76. The lowest BCUT2D eigenvalue weighted by atomic mass is 10.0. The molecule has 0 bridgehead atoms. The number of nitrogens with zero attached hydrogens (tertiary/aromatic N) is 1. The van der Waals surface area contributed by atoms with Crippen LogP contribution in [0.5, 0.6) is 5.75 Å². The van der Waals surface area contributed by atoms with Gasteiger partial charge >= 0.3 is 5.97 Å². The average molecular weight is 426 g/mol. The first-order chi connectivity index (χ1) is 14.5. The van der Waals surface area contributed by atoms with Gasteiger partial charge in [-0.2, -0.15) is 0 Å². The summed E-state index contributed by atoms with van der Waals surface area (Å²) in [4.78, 5) is 35.0. The number of nitro benzene ring substituents is 1. The highest BCUT2D eigenvalue weighted by Crippen LogP contribution is 2.36. The maximum Gasteiger partial charge on any atom is 0.341 e. The Morgan fingerprint density at radius 1 is 1.10 bits per heavy atom. The topological polar surface area (TPSA) is 108 Å². The number of benzene rings is 2. The molecule has 0 unspecified atom stereocenters. The Morgan fingerprint density at radius 2 is 1.80 bits per heavy atom. The summed E-state index contributed by atoms with van der Waals surface area (Å²) in [5.41, 5.74) is 1.72. The molecule has 0 fully saturated rings. The lowest BCUT2D eigenvalue weighted by Crippen LogP contribution is -2.21. The third kappa shape index (κ3) is 5.00. The van der Waals surface area contributed by atoms with E-state index in [1.165, 1.54) is 35.6 Å². The lowest BCUT2D eigenvalue weighted by molar-refractivity contribution is -0.384. The fraction of sp³-hybridized carbons (Fsp3) is 0.143. The van der Waals surface area contributed by atoms with E-state index in [0.29, 0.717) is 16.3 Å². The van der Waals surface area contributed by atoms with Gasteiger partial charge in [0.15, 0.2) is 6.61 Å². The molecular formula is C21H18N2O6S. The molecule has 0 saturated carbocycles. The Labute approximate surface area is 176 Å². The van der Waals surface area contributed by atoms with Crippen LogP contribution in [0.4, 0.5) is 10.7 Å². The fourth-order valence-corrected chi connectivity index (χ4v) is 3.64. The van der Waals surface area contributed by atoms with Gasteiger partial charge in [-0.05, 0) is 24.6 Å². The van der Waals surface area contributed by atoms with Gasteiger partial charge < -0.3 is 14.8 Å². The van der Waals surface area contributed by atoms with E-state index >= 15 is 0 Å². The zero-order valence-corrected chi connectivity index (χ0v) is 16.8.